The Morgan fingerprint density at radius 1 is 1.33 bits per heavy atom. The molecule has 4 heteroatoms. The van der Waals surface area contributed by atoms with Crippen molar-refractivity contribution in [2.75, 3.05) is 18.5 Å². The second-order valence-corrected chi connectivity index (χ2v) is 6.52. The summed E-state index contributed by atoms with van der Waals surface area (Å²) in [6.45, 7) is 1.11. The van der Waals surface area contributed by atoms with Crippen LogP contribution in [-0.2, 0) is 12.8 Å². The maximum Gasteiger partial charge on any atom is 0.0845 e. The van der Waals surface area contributed by atoms with Gasteiger partial charge in [-0.3, -0.25) is 4.98 Å². The fourth-order valence-electron chi connectivity index (χ4n) is 2.86. The zero-order chi connectivity index (χ0) is 14.8. The number of aliphatic hydroxyl groups is 1. The van der Waals surface area contributed by atoms with Crippen molar-refractivity contribution in [3.8, 4) is 0 Å². The Morgan fingerprint density at radius 3 is 2.95 bits per heavy atom. The summed E-state index contributed by atoms with van der Waals surface area (Å²) < 4.78 is 0.956. The fourth-order valence-corrected chi connectivity index (χ4v) is 3.09. The Balaban J connectivity index is 1.78. The first-order valence-corrected chi connectivity index (χ1v) is 8.05. The minimum Gasteiger partial charge on any atom is -0.388 e. The van der Waals surface area contributed by atoms with Crippen LogP contribution in [0.15, 0.2) is 41.0 Å². The quantitative estimate of drug-likeness (QED) is 0.923. The molecule has 3 nitrogen and oxygen atoms in total. The van der Waals surface area contributed by atoms with E-state index in [2.05, 4.69) is 45.0 Å². The van der Waals surface area contributed by atoms with Crippen molar-refractivity contribution in [2.45, 2.75) is 25.4 Å². The Kier molecular flexibility index (Phi) is 4.27. The molecule has 2 heterocycles. The Bertz CT molecular complexity index is 627. The van der Waals surface area contributed by atoms with E-state index >= 15 is 0 Å². The second-order valence-electron chi connectivity index (χ2n) is 5.60. The number of aryl methyl sites for hydroxylation is 1. The summed E-state index contributed by atoms with van der Waals surface area (Å²) in [6.07, 6.45) is 4.08. The predicted octanol–water partition coefficient (Wildman–Crippen LogP) is 3.50. The zero-order valence-corrected chi connectivity index (χ0v) is 13.7. The van der Waals surface area contributed by atoms with Gasteiger partial charge < -0.3 is 10.0 Å². The highest BCUT2D eigenvalue weighted by Crippen LogP contribution is 2.29. The number of halogens is 1. The molecule has 1 atom stereocenters. The van der Waals surface area contributed by atoms with Crippen molar-refractivity contribution in [1.29, 1.82) is 0 Å². The number of nitrogens with zero attached hydrogens (tertiary/aromatic N) is 2. The van der Waals surface area contributed by atoms with E-state index in [0.717, 1.165) is 28.7 Å². The van der Waals surface area contributed by atoms with Gasteiger partial charge in [0.25, 0.3) is 0 Å². The summed E-state index contributed by atoms with van der Waals surface area (Å²) in [5.41, 5.74) is 4.51. The lowest BCUT2D eigenvalue weighted by Crippen LogP contribution is -2.24. The molecule has 110 valence electrons. The fraction of sp³-hybridized carbons (Fsp3) is 0.353. The van der Waals surface area contributed by atoms with Crippen LogP contribution in [0.3, 0.4) is 0 Å². The second kappa shape index (κ2) is 6.16. The largest absolute Gasteiger partial charge is 0.388 e. The summed E-state index contributed by atoms with van der Waals surface area (Å²) in [5, 5.41) is 10.4. The highest BCUT2D eigenvalue weighted by molar-refractivity contribution is 9.10. The molecule has 0 bridgehead atoms. The van der Waals surface area contributed by atoms with Crippen LogP contribution in [0.2, 0.25) is 0 Å². The first-order valence-electron chi connectivity index (χ1n) is 7.26. The molecule has 0 saturated carbocycles. The first kappa shape index (κ1) is 14.5. The van der Waals surface area contributed by atoms with Gasteiger partial charge in [-0.1, -0.05) is 12.1 Å². The van der Waals surface area contributed by atoms with Gasteiger partial charge in [-0.05, 0) is 58.1 Å². The predicted molar refractivity (Wildman–Crippen MR) is 88.6 cm³/mol. The van der Waals surface area contributed by atoms with Crippen LogP contribution >= 0.6 is 15.9 Å². The van der Waals surface area contributed by atoms with Crippen LogP contribution < -0.4 is 4.90 Å². The molecule has 0 aliphatic carbocycles. The maximum absolute atomic E-state index is 10.4. The Labute approximate surface area is 133 Å². The topological polar surface area (TPSA) is 36.4 Å². The lowest BCUT2D eigenvalue weighted by molar-refractivity contribution is 0.177. The van der Waals surface area contributed by atoms with Crippen LogP contribution in [-0.4, -0.2) is 23.7 Å². The first-order chi connectivity index (χ1) is 10.1. The Morgan fingerprint density at radius 2 is 2.19 bits per heavy atom. The van der Waals surface area contributed by atoms with Crippen LogP contribution in [0, 0.1) is 0 Å². The van der Waals surface area contributed by atoms with Crippen molar-refractivity contribution in [1.82, 2.24) is 4.98 Å². The molecule has 1 N–H and O–H groups in total. The van der Waals surface area contributed by atoms with Gasteiger partial charge in [0.2, 0.25) is 0 Å². The van der Waals surface area contributed by atoms with E-state index in [-0.39, 0.29) is 0 Å². The van der Waals surface area contributed by atoms with E-state index in [9.17, 15) is 5.11 Å². The van der Waals surface area contributed by atoms with Gasteiger partial charge in [0.15, 0.2) is 0 Å². The molecule has 1 aromatic heterocycles. The van der Waals surface area contributed by atoms with E-state index in [0.29, 0.717) is 6.42 Å². The number of anilines is 1. The van der Waals surface area contributed by atoms with E-state index in [4.69, 9.17) is 0 Å². The lowest BCUT2D eigenvalue weighted by Gasteiger charge is -2.28. The highest BCUT2D eigenvalue weighted by Gasteiger charge is 2.16. The zero-order valence-electron chi connectivity index (χ0n) is 12.1. The average Bonchev–Trinajstić information content (AvgIpc) is 2.49. The molecule has 1 aliphatic rings. The number of hydrogen-bond acceptors (Lipinski definition) is 3. The number of pyridine rings is 1. The summed E-state index contributed by atoms with van der Waals surface area (Å²) in [7, 11) is 2.12. The van der Waals surface area contributed by atoms with Crippen molar-refractivity contribution < 1.29 is 5.11 Å². The number of aromatic nitrogens is 1. The molecular weight excluding hydrogens is 328 g/mol. The van der Waals surface area contributed by atoms with Gasteiger partial charge in [0.05, 0.1) is 6.10 Å². The summed E-state index contributed by atoms with van der Waals surface area (Å²) in [5.74, 6) is 0. The molecule has 0 fully saturated rings. The van der Waals surface area contributed by atoms with Crippen LogP contribution in [0.1, 0.15) is 29.3 Å². The van der Waals surface area contributed by atoms with Crippen LogP contribution in [0.5, 0.6) is 0 Å². The van der Waals surface area contributed by atoms with Crippen LogP contribution in [0.4, 0.5) is 5.69 Å². The molecule has 0 radical (unpaired) electrons. The van der Waals surface area contributed by atoms with Gasteiger partial charge in [-0.15, -0.1) is 0 Å². The standard InChI is InChI=1S/C17H19BrN2O/c1-20-8-2-3-12-9-13(4-7-16(12)20)17(21)10-15-6-5-14(18)11-19-15/h4-7,9,11,17,21H,2-3,8,10H2,1H3. The van der Waals surface area contributed by atoms with Crippen molar-refractivity contribution in [2.24, 2.45) is 0 Å². The number of aliphatic hydroxyl groups excluding tert-OH is 1. The Hall–Kier alpha value is -1.39. The number of hydrogen-bond donors (Lipinski definition) is 1. The molecule has 0 saturated heterocycles. The summed E-state index contributed by atoms with van der Waals surface area (Å²) in [6, 6.07) is 10.2. The smallest absolute Gasteiger partial charge is 0.0845 e. The number of fused-ring (bicyclic) bond motifs is 1. The van der Waals surface area contributed by atoms with Crippen molar-refractivity contribution in [3.05, 3.63) is 57.8 Å². The van der Waals surface area contributed by atoms with E-state index in [1.807, 2.05) is 18.2 Å². The number of benzene rings is 1. The molecule has 3 rings (SSSR count). The van der Waals surface area contributed by atoms with Gasteiger partial charge in [0.1, 0.15) is 0 Å². The average molecular weight is 347 g/mol. The molecule has 21 heavy (non-hydrogen) atoms. The third kappa shape index (κ3) is 3.27. The third-order valence-electron chi connectivity index (χ3n) is 4.03. The molecule has 2 aromatic rings. The minimum absolute atomic E-state index is 0.504. The van der Waals surface area contributed by atoms with Gasteiger partial charge in [-0.25, -0.2) is 0 Å². The van der Waals surface area contributed by atoms with Gasteiger partial charge in [-0.2, -0.15) is 0 Å². The van der Waals surface area contributed by atoms with Gasteiger partial charge in [0, 0.05) is 42.1 Å². The SMILES string of the molecule is CN1CCCc2cc(C(O)Cc3ccc(Br)cn3)ccc21. The molecule has 0 amide bonds. The number of rotatable bonds is 3. The molecule has 1 aromatic carbocycles. The monoisotopic (exact) mass is 346 g/mol. The minimum atomic E-state index is -0.504. The van der Waals surface area contributed by atoms with E-state index < -0.39 is 6.10 Å². The molecule has 0 spiro atoms. The van der Waals surface area contributed by atoms with Crippen molar-refractivity contribution >= 4 is 21.6 Å². The van der Waals surface area contributed by atoms with Crippen molar-refractivity contribution in [3.63, 3.8) is 0 Å². The molecule has 1 aliphatic heterocycles. The lowest BCUT2D eigenvalue weighted by atomic mass is 9.96. The molecular formula is C17H19BrN2O. The highest BCUT2D eigenvalue weighted by atomic mass is 79.9. The third-order valence-corrected chi connectivity index (χ3v) is 4.50. The summed E-state index contributed by atoms with van der Waals surface area (Å²) in [4.78, 5) is 6.61. The summed E-state index contributed by atoms with van der Waals surface area (Å²) >= 11 is 3.37. The maximum atomic E-state index is 10.4. The van der Waals surface area contributed by atoms with Crippen LogP contribution in [0.25, 0.3) is 0 Å². The van der Waals surface area contributed by atoms with Gasteiger partial charge >= 0.3 is 0 Å². The molecule has 1 unspecified atom stereocenters. The van der Waals surface area contributed by atoms with E-state index in [1.54, 1.807) is 6.20 Å². The van der Waals surface area contributed by atoms with E-state index in [1.165, 1.54) is 17.7 Å². The normalized spacial score (nSPS) is 15.7.